The fourth-order valence-electron chi connectivity index (χ4n) is 2.58. The van der Waals surface area contributed by atoms with Crippen molar-refractivity contribution < 1.29 is 9.84 Å². The van der Waals surface area contributed by atoms with E-state index >= 15 is 0 Å². The van der Waals surface area contributed by atoms with Crippen molar-refractivity contribution in [2.75, 3.05) is 13.7 Å². The molecule has 0 bridgehead atoms. The van der Waals surface area contributed by atoms with Crippen LogP contribution in [0.5, 0.6) is 0 Å². The second-order valence-corrected chi connectivity index (χ2v) is 5.75. The van der Waals surface area contributed by atoms with Gasteiger partial charge in [-0.15, -0.1) is 0 Å². The van der Waals surface area contributed by atoms with E-state index in [-0.39, 0.29) is 6.10 Å². The number of hydrogen-bond donors (Lipinski definition) is 2. The summed E-state index contributed by atoms with van der Waals surface area (Å²) in [5.41, 5.74) is 0.661. The van der Waals surface area contributed by atoms with Gasteiger partial charge < -0.3 is 15.2 Å². The van der Waals surface area contributed by atoms with Crippen molar-refractivity contribution >= 4 is 23.2 Å². The first-order valence-electron chi connectivity index (χ1n) is 6.51. The molecule has 0 heterocycles. The summed E-state index contributed by atoms with van der Waals surface area (Å²) in [5, 5.41) is 14.7. The minimum absolute atomic E-state index is 0.238. The van der Waals surface area contributed by atoms with Gasteiger partial charge in [-0.3, -0.25) is 0 Å². The van der Waals surface area contributed by atoms with E-state index in [2.05, 4.69) is 5.32 Å². The van der Waals surface area contributed by atoms with Crippen LogP contribution in [0.4, 0.5) is 0 Å². The van der Waals surface area contributed by atoms with Crippen LogP contribution in [-0.2, 0) is 4.74 Å². The molecule has 106 valence electrons. The highest BCUT2D eigenvalue weighted by molar-refractivity contribution is 6.33. The highest BCUT2D eigenvalue weighted by Crippen LogP contribution is 2.27. The molecule has 1 aromatic carbocycles. The predicted octanol–water partition coefficient (Wildman–Crippen LogP) is 3.18. The van der Waals surface area contributed by atoms with Crippen LogP contribution in [0.15, 0.2) is 18.2 Å². The van der Waals surface area contributed by atoms with E-state index < -0.39 is 6.10 Å². The summed E-state index contributed by atoms with van der Waals surface area (Å²) >= 11 is 12.0. The Morgan fingerprint density at radius 1 is 1.42 bits per heavy atom. The van der Waals surface area contributed by atoms with Gasteiger partial charge >= 0.3 is 0 Å². The van der Waals surface area contributed by atoms with Crippen molar-refractivity contribution in [2.45, 2.75) is 37.5 Å². The van der Waals surface area contributed by atoms with E-state index in [4.69, 9.17) is 27.9 Å². The molecule has 1 aliphatic carbocycles. The van der Waals surface area contributed by atoms with Crippen LogP contribution in [0.25, 0.3) is 0 Å². The molecule has 5 heteroatoms. The van der Waals surface area contributed by atoms with Crippen LogP contribution < -0.4 is 5.32 Å². The molecule has 0 aliphatic heterocycles. The summed E-state index contributed by atoms with van der Waals surface area (Å²) in [4.78, 5) is 0. The largest absolute Gasteiger partial charge is 0.387 e. The fraction of sp³-hybridized carbons (Fsp3) is 0.571. The van der Waals surface area contributed by atoms with Crippen LogP contribution in [0.3, 0.4) is 0 Å². The number of aliphatic hydroxyl groups is 1. The number of ether oxygens (including phenoxy) is 1. The lowest BCUT2D eigenvalue weighted by molar-refractivity contribution is 0.0780. The number of hydrogen-bond acceptors (Lipinski definition) is 3. The van der Waals surface area contributed by atoms with Crippen molar-refractivity contribution in [3.63, 3.8) is 0 Å². The summed E-state index contributed by atoms with van der Waals surface area (Å²) in [5.74, 6) is 0. The molecule has 0 radical (unpaired) electrons. The lowest BCUT2D eigenvalue weighted by Crippen LogP contribution is -2.39. The average molecular weight is 304 g/mol. The Hall–Kier alpha value is -0.320. The molecule has 1 aliphatic rings. The molecule has 1 saturated carbocycles. The summed E-state index contributed by atoms with van der Waals surface area (Å²) in [6.45, 7) is 0.449. The molecule has 0 spiro atoms. The minimum Gasteiger partial charge on any atom is -0.387 e. The third-order valence-electron chi connectivity index (χ3n) is 3.65. The quantitative estimate of drug-likeness (QED) is 0.878. The number of benzene rings is 1. The highest BCUT2D eigenvalue weighted by Gasteiger charge is 2.27. The Labute approximate surface area is 123 Å². The summed E-state index contributed by atoms with van der Waals surface area (Å²) in [6.07, 6.45) is 2.88. The van der Waals surface area contributed by atoms with Gasteiger partial charge in [0.05, 0.1) is 12.2 Å². The fourth-order valence-corrected chi connectivity index (χ4v) is 3.01. The number of rotatable bonds is 5. The zero-order valence-corrected chi connectivity index (χ0v) is 12.4. The Kier molecular flexibility index (Phi) is 5.48. The lowest BCUT2D eigenvalue weighted by atomic mass is 10.1. The molecule has 2 N–H and O–H groups in total. The molecule has 0 aromatic heterocycles. The maximum Gasteiger partial charge on any atom is 0.0929 e. The maximum absolute atomic E-state index is 10.2. The van der Waals surface area contributed by atoms with Crippen molar-refractivity contribution in [3.8, 4) is 0 Å². The molecule has 3 nitrogen and oxygen atoms in total. The van der Waals surface area contributed by atoms with E-state index in [9.17, 15) is 5.11 Å². The van der Waals surface area contributed by atoms with Crippen molar-refractivity contribution in [2.24, 2.45) is 0 Å². The average Bonchev–Trinajstić information content (AvgIpc) is 2.86. The molecule has 19 heavy (non-hydrogen) atoms. The smallest absolute Gasteiger partial charge is 0.0929 e. The van der Waals surface area contributed by atoms with Crippen molar-refractivity contribution in [3.05, 3.63) is 33.8 Å². The van der Waals surface area contributed by atoms with Gasteiger partial charge in [0.1, 0.15) is 0 Å². The van der Waals surface area contributed by atoms with Crippen LogP contribution in [-0.4, -0.2) is 30.9 Å². The third-order valence-corrected chi connectivity index (χ3v) is 4.23. The molecule has 1 aromatic rings. The van der Waals surface area contributed by atoms with Gasteiger partial charge in [0.15, 0.2) is 0 Å². The standard InChI is InChI=1S/C14H19Cl2NO2/c1-19-14-4-2-3-12(14)17-8-13(18)10-7-9(15)5-6-11(10)16/h5-7,12-14,17-18H,2-4,8H2,1H3. The Bertz CT molecular complexity index is 428. The number of halogens is 2. The molecule has 0 saturated heterocycles. The molecule has 3 atom stereocenters. The molecule has 0 amide bonds. The monoisotopic (exact) mass is 303 g/mol. The molecular formula is C14H19Cl2NO2. The molecule has 2 rings (SSSR count). The molecule has 3 unspecified atom stereocenters. The van der Waals surface area contributed by atoms with Gasteiger partial charge in [0, 0.05) is 35.3 Å². The lowest BCUT2D eigenvalue weighted by Gasteiger charge is -2.22. The van der Waals surface area contributed by atoms with Gasteiger partial charge in [-0.2, -0.15) is 0 Å². The Morgan fingerprint density at radius 3 is 2.95 bits per heavy atom. The summed E-state index contributed by atoms with van der Waals surface area (Å²) < 4.78 is 5.41. The first-order valence-corrected chi connectivity index (χ1v) is 7.26. The number of nitrogens with one attached hydrogen (secondary N) is 1. The SMILES string of the molecule is COC1CCCC1NCC(O)c1cc(Cl)ccc1Cl. The number of aliphatic hydroxyl groups excluding tert-OH is 1. The topological polar surface area (TPSA) is 41.5 Å². The van der Waals surface area contributed by atoms with Gasteiger partial charge in [0.25, 0.3) is 0 Å². The van der Waals surface area contributed by atoms with E-state index in [1.807, 2.05) is 0 Å². The highest BCUT2D eigenvalue weighted by atomic mass is 35.5. The Balaban J connectivity index is 1.93. The van der Waals surface area contributed by atoms with Crippen LogP contribution in [0.2, 0.25) is 10.0 Å². The first-order chi connectivity index (χ1) is 9.11. The van der Waals surface area contributed by atoms with E-state index in [0.717, 1.165) is 19.3 Å². The summed E-state index contributed by atoms with van der Waals surface area (Å²) in [7, 11) is 1.73. The van der Waals surface area contributed by atoms with Gasteiger partial charge in [-0.1, -0.05) is 23.2 Å². The van der Waals surface area contributed by atoms with Crippen molar-refractivity contribution in [1.29, 1.82) is 0 Å². The molecular weight excluding hydrogens is 285 g/mol. The van der Waals surface area contributed by atoms with E-state index in [1.165, 1.54) is 0 Å². The molecule has 1 fully saturated rings. The zero-order valence-electron chi connectivity index (χ0n) is 10.9. The zero-order chi connectivity index (χ0) is 13.8. The third kappa shape index (κ3) is 3.83. The predicted molar refractivity (Wildman–Crippen MR) is 77.9 cm³/mol. The normalized spacial score (nSPS) is 24.6. The second kappa shape index (κ2) is 6.91. The second-order valence-electron chi connectivity index (χ2n) is 4.90. The maximum atomic E-state index is 10.2. The number of methoxy groups -OCH3 is 1. The van der Waals surface area contributed by atoms with Gasteiger partial charge in [0.2, 0.25) is 0 Å². The van der Waals surface area contributed by atoms with Crippen LogP contribution in [0.1, 0.15) is 30.9 Å². The van der Waals surface area contributed by atoms with Crippen molar-refractivity contribution in [1.82, 2.24) is 5.32 Å². The van der Waals surface area contributed by atoms with Gasteiger partial charge in [-0.05, 0) is 37.5 Å². The van der Waals surface area contributed by atoms with Crippen LogP contribution >= 0.6 is 23.2 Å². The minimum atomic E-state index is -0.663. The van der Waals surface area contributed by atoms with E-state index in [0.29, 0.717) is 28.2 Å². The first kappa shape index (κ1) is 15.1. The Morgan fingerprint density at radius 2 is 2.21 bits per heavy atom. The van der Waals surface area contributed by atoms with Crippen LogP contribution in [0, 0.1) is 0 Å². The van der Waals surface area contributed by atoms with E-state index in [1.54, 1.807) is 25.3 Å². The summed E-state index contributed by atoms with van der Waals surface area (Å²) in [6, 6.07) is 5.43. The van der Waals surface area contributed by atoms with Gasteiger partial charge in [-0.25, -0.2) is 0 Å².